The van der Waals surface area contributed by atoms with Crippen LogP contribution in [0.15, 0.2) is 91.0 Å². The predicted molar refractivity (Wildman–Crippen MR) is 132 cm³/mol. The Balaban J connectivity index is 1.80. The second kappa shape index (κ2) is 10.3. The van der Waals surface area contributed by atoms with E-state index in [-0.39, 0.29) is 17.4 Å². The largest absolute Gasteiger partial charge is 0.478 e. The van der Waals surface area contributed by atoms with E-state index in [0.717, 1.165) is 23.8 Å². The van der Waals surface area contributed by atoms with Gasteiger partial charge in [0, 0.05) is 18.1 Å². The van der Waals surface area contributed by atoms with E-state index in [1.54, 1.807) is 12.2 Å². The minimum Gasteiger partial charge on any atom is -0.478 e. The minimum absolute atomic E-state index is 0.0916. The van der Waals surface area contributed by atoms with Gasteiger partial charge in [-0.1, -0.05) is 48.6 Å². The number of allylic oxidation sites excluding steroid dienone is 2. The van der Waals surface area contributed by atoms with E-state index in [2.05, 4.69) is 0 Å². The van der Waals surface area contributed by atoms with Crippen molar-refractivity contribution in [3.8, 4) is 11.5 Å². The highest BCUT2D eigenvalue weighted by Crippen LogP contribution is 2.35. The molecule has 0 spiro atoms. The van der Waals surface area contributed by atoms with Crippen molar-refractivity contribution in [3.63, 3.8) is 0 Å². The van der Waals surface area contributed by atoms with E-state index in [0.29, 0.717) is 0 Å². The van der Waals surface area contributed by atoms with Gasteiger partial charge in [-0.3, -0.25) is 0 Å². The molecular weight excluding hydrogens is 496 g/mol. The van der Waals surface area contributed by atoms with Crippen molar-refractivity contribution in [1.29, 1.82) is 0 Å². The molecule has 38 heavy (non-hydrogen) atoms. The minimum atomic E-state index is -1.84. The highest BCUT2D eigenvalue weighted by molar-refractivity contribution is 6.04. The molecular formula is C28H20O10. The second-order valence-corrected chi connectivity index (χ2v) is 8.19. The third-order valence-electron chi connectivity index (χ3n) is 5.73. The first-order valence-corrected chi connectivity index (χ1v) is 11.1. The SMILES string of the molecule is O=C(O)c1ccc(OC2(Oc3cccc(C(=O)O)c3C(=O)O)C=CC(c3ccccc3)C=C2)cc1C(=O)O. The molecule has 10 heteroatoms. The molecule has 3 aromatic carbocycles. The van der Waals surface area contributed by atoms with E-state index in [9.17, 15) is 39.6 Å². The lowest BCUT2D eigenvalue weighted by Gasteiger charge is -2.33. The Labute approximate surface area is 215 Å². The Hall–Kier alpha value is -5.38. The van der Waals surface area contributed by atoms with Crippen molar-refractivity contribution in [2.75, 3.05) is 0 Å². The standard InChI is InChI=1S/C28H20O10/c29-24(30)19-10-9-18(15-21(19)26(33)34)37-28(13-11-17(12-14-28)16-5-2-1-3-6-16)38-22-8-4-7-20(25(31)32)23(22)27(35)36/h1-15,17H,(H,29,30)(H,31,32)(H,33,34)(H,35,36). The van der Waals surface area contributed by atoms with Gasteiger partial charge in [-0.05, 0) is 35.9 Å². The molecule has 192 valence electrons. The molecule has 3 aromatic rings. The van der Waals surface area contributed by atoms with Gasteiger partial charge in [-0.25, -0.2) is 19.2 Å². The van der Waals surface area contributed by atoms with Crippen molar-refractivity contribution < 1.29 is 49.1 Å². The molecule has 0 radical (unpaired) electrons. The maximum atomic E-state index is 12.0. The summed E-state index contributed by atoms with van der Waals surface area (Å²) in [5.41, 5.74) is -1.17. The molecule has 4 rings (SSSR count). The number of hydrogen-bond acceptors (Lipinski definition) is 6. The van der Waals surface area contributed by atoms with Crippen LogP contribution >= 0.6 is 0 Å². The van der Waals surface area contributed by atoms with Gasteiger partial charge in [0.1, 0.15) is 17.1 Å². The summed E-state index contributed by atoms with van der Waals surface area (Å²) >= 11 is 0. The highest BCUT2D eigenvalue weighted by atomic mass is 16.7. The smallest absolute Gasteiger partial charge is 0.340 e. The maximum Gasteiger partial charge on any atom is 0.340 e. The lowest BCUT2D eigenvalue weighted by molar-refractivity contribution is -0.0300. The number of aromatic carboxylic acids is 4. The summed E-state index contributed by atoms with van der Waals surface area (Å²) in [4.78, 5) is 46.7. The van der Waals surface area contributed by atoms with Gasteiger partial charge in [0.25, 0.3) is 5.79 Å². The zero-order valence-electron chi connectivity index (χ0n) is 19.5. The summed E-state index contributed by atoms with van der Waals surface area (Å²) < 4.78 is 12.0. The molecule has 0 aromatic heterocycles. The first-order chi connectivity index (χ1) is 18.1. The fourth-order valence-electron chi connectivity index (χ4n) is 3.97. The average Bonchev–Trinajstić information content (AvgIpc) is 2.89. The highest BCUT2D eigenvalue weighted by Gasteiger charge is 2.35. The molecule has 0 heterocycles. The molecule has 1 aliphatic carbocycles. The monoisotopic (exact) mass is 516 g/mol. The molecule has 0 atom stereocenters. The number of ether oxygens (including phenoxy) is 2. The number of carboxylic acids is 4. The van der Waals surface area contributed by atoms with Crippen LogP contribution in [0, 0.1) is 0 Å². The Bertz CT molecular complexity index is 1470. The van der Waals surface area contributed by atoms with Gasteiger partial charge in [0.2, 0.25) is 0 Å². The van der Waals surface area contributed by atoms with Crippen molar-refractivity contribution in [2.24, 2.45) is 0 Å². The van der Waals surface area contributed by atoms with E-state index in [1.165, 1.54) is 30.4 Å². The zero-order chi connectivity index (χ0) is 27.4. The van der Waals surface area contributed by atoms with Crippen LogP contribution in [0.2, 0.25) is 0 Å². The molecule has 0 fully saturated rings. The number of hydrogen-bond donors (Lipinski definition) is 4. The molecule has 4 N–H and O–H groups in total. The Morgan fingerprint density at radius 3 is 1.84 bits per heavy atom. The summed E-state index contributed by atoms with van der Waals surface area (Å²) in [6, 6.07) is 16.4. The van der Waals surface area contributed by atoms with E-state index < -0.39 is 51.9 Å². The van der Waals surface area contributed by atoms with E-state index in [4.69, 9.17) is 9.47 Å². The van der Waals surface area contributed by atoms with Gasteiger partial charge < -0.3 is 29.9 Å². The van der Waals surface area contributed by atoms with Gasteiger partial charge in [-0.15, -0.1) is 0 Å². The van der Waals surface area contributed by atoms with Crippen molar-refractivity contribution in [3.05, 3.63) is 119 Å². The number of benzene rings is 3. The first kappa shape index (κ1) is 25.7. The van der Waals surface area contributed by atoms with Crippen molar-refractivity contribution in [1.82, 2.24) is 0 Å². The average molecular weight is 516 g/mol. The molecule has 0 aliphatic heterocycles. The van der Waals surface area contributed by atoms with Crippen LogP contribution in [0.5, 0.6) is 11.5 Å². The summed E-state index contributed by atoms with van der Waals surface area (Å²) in [6.45, 7) is 0. The topological polar surface area (TPSA) is 168 Å². The summed E-state index contributed by atoms with van der Waals surface area (Å²) in [7, 11) is 0. The van der Waals surface area contributed by atoms with Crippen molar-refractivity contribution >= 4 is 23.9 Å². The maximum absolute atomic E-state index is 12.0. The van der Waals surface area contributed by atoms with Crippen LogP contribution < -0.4 is 9.47 Å². The summed E-state index contributed by atoms with van der Waals surface area (Å²) in [6.07, 6.45) is 6.41. The number of carboxylic acid groups (broad SMARTS) is 4. The first-order valence-electron chi connectivity index (χ1n) is 11.1. The molecule has 0 amide bonds. The molecule has 0 bridgehead atoms. The quantitative estimate of drug-likeness (QED) is 0.234. The van der Waals surface area contributed by atoms with Gasteiger partial charge in [0.15, 0.2) is 0 Å². The van der Waals surface area contributed by atoms with Gasteiger partial charge >= 0.3 is 23.9 Å². The normalized spacial score (nSPS) is 17.9. The lowest BCUT2D eigenvalue weighted by Crippen LogP contribution is -2.40. The van der Waals surface area contributed by atoms with E-state index >= 15 is 0 Å². The van der Waals surface area contributed by atoms with E-state index in [1.807, 2.05) is 30.3 Å². The van der Waals surface area contributed by atoms with Gasteiger partial charge in [0.05, 0.1) is 16.7 Å². The Morgan fingerprint density at radius 1 is 0.632 bits per heavy atom. The fraction of sp³-hybridized carbons (Fsp3) is 0.0714. The van der Waals surface area contributed by atoms with Crippen LogP contribution in [0.25, 0.3) is 0 Å². The molecule has 1 aliphatic rings. The third-order valence-corrected chi connectivity index (χ3v) is 5.73. The summed E-state index contributed by atoms with van der Waals surface area (Å²) in [5.74, 6) is -8.41. The van der Waals surface area contributed by atoms with Gasteiger partial charge in [-0.2, -0.15) is 0 Å². The number of carbonyl (C=O) groups is 4. The van der Waals surface area contributed by atoms with Crippen LogP contribution in [0.4, 0.5) is 0 Å². The lowest BCUT2D eigenvalue weighted by atomic mass is 9.92. The second-order valence-electron chi connectivity index (χ2n) is 8.19. The molecule has 0 unspecified atom stereocenters. The van der Waals surface area contributed by atoms with Crippen LogP contribution in [-0.4, -0.2) is 50.1 Å². The number of rotatable bonds is 9. The van der Waals surface area contributed by atoms with Crippen molar-refractivity contribution in [2.45, 2.75) is 11.7 Å². The summed E-state index contributed by atoms with van der Waals surface area (Å²) in [5, 5.41) is 38.0. The van der Waals surface area contributed by atoms with Crippen LogP contribution in [0.3, 0.4) is 0 Å². The molecule has 10 nitrogen and oxygen atoms in total. The van der Waals surface area contributed by atoms with Crippen LogP contribution in [0.1, 0.15) is 52.9 Å². The van der Waals surface area contributed by atoms with Crippen LogP contribution in [-0.2, 0) is 0 Å². The third kappa shape index (κ3) is 5.24. The Morgan fingerprint density at radius 2 is 1.26 bits per heavy atom. The molecule has 0 saturated carbocycles. The predicted octanol–water partition coefficient (Wildman–Crippen LogP) is 4.54. The zero-order valence-corrected chi connectivity index (χ0v) is 19.5. The molecule has 0 saturated heterocycles. The fourth-order valence-corrected chi connectivity index (χ4v) is 3.97. The Kier molecular flexibility index (Phi) is 6.98.